The van der Waals surface area contributed by atoms with Crippen molar-refractivity contribution in [3.63, 3.8) is 0 Å². The van der Waals surface area contributed by atoms with E-state index in [1.54, 1.807) is 12.1 Å². The summed E-state index contributed by atoms with van der Waals surface area (Å²) in [6, 6.07) is 11.0. The van der Waals surface area contributed by atoms with Gasteiger partial charge in [0.25, 0.3) is 5.95 Å². The Morgan fingerprint density at radius 3 is 2.56 bits per heavy atom. The second-order valence-corrected chi connectivity index (χ2v) is 6.91. The molecule has 0 spiro atoms. The van der Waals surface area contributed by atoms with Crippen LogP contribution in [0, 0.1) is 13.8 Å². The number of para-hydroxylation sites is 1. The van der Waals surface area contributed by atoms with Gasteiger partial charge in [-0.15, -0.1) is 0 Å². The zero-order valence-corrected chi connectivity index (χ0v) is 16.1. The number of ether oxygens (including phenoxy) is 1. The molecule has 5 nitrogen and oxygen atoms in total. The molecule has 0 amide bonds. The normalized spacial score (nSPS) is 11.1. The van der Waals surface area contributed by atoms with Crippen LogP contribution in [0.4, 0.5) is 0 Å². The maximum Gasteiger partial charge on any atom is 0.314 e. The van der Waals surface area contributed by atoms with Crippen LogP contribution in [0.3, 0.4) is 0 Å². The van der Waals surface area contributed by atoms with Crippen molar-refractivity contribution >= 4 is 21.8 Å². The molecule has 0 saturated heterocycles. The van der Waals surface area contributed by atoms with Crippen LogP contribution >= 0.6 is 15.9 Å². The van der Waals surface area contributed by atoms with E-state index in [1.807, 2.05) is 38.1 Å². The molecule has 0 radical (unpaired) electrons. The molecule has 0 atom stereocenters. The van der Waals surface area contributed by atoms with E-state index in [1.165, 1.54) is 4.68 Å². The van der Waals surface area contributed by atoms with E-state index >= 15 is 0 Å². The van der Waals surface area contributed by atoms with Crippen LogP contribution in [0.5, 0.6) is 11.7 Å². The van der Waals surface area contributed by atoms with Crippen LogP contribution in [-0.2, 0) is 0 Å². The number of halogens is 1. The predicted octanol–water partition coefficient (Wildman–Crippen LogP) is 5.46. The van der Waals surface area contributed by atoms with Crippen molar-refractivity contribution in [3.05, 3.63) is 63.6 Å². The summed E-state index contributed by atoms with van der Waals surface area (Å²) < 4.78 is 13.6. The van der Waals surface area contributed by atoms with Crippen LogP contribution < -0.4 is 4.74 Å². The molecular weight excluding hydrogens is 384 g/mol. The van der Waals surface area contributed by atoms with Crippen LogP contribution in [0.1, 0.15) is 47.3 Å². The summed E-state index contributed by atoms with van der Waals surface area (Å²) in [6.07, 6.45) is 0. The molecule has 3 aromatic rings. The Bertz CT molecular complexity index is 925. The Kier molecular flexibility index (Phi) is 4.81. The Labute approximate surface area is 154 Å². The SMILES string of the molecule is Cc1nn(C(=O)c2ccc(Oc3ccccc3C(C)C)o2)c(C)c1Br. The van der Waals surface area contributed by atoms with Crippen molar-refractivity contribution < 1.29 is 13.9 Å². The molecule has 130 valence electrons. The van der Waals surface area contributed by atoms with Crippen molar-refractivity contribution in [1.29, 1.82) is 0 Å². The fraction of sp³-hybridized carbons (Fsp3) is 0.263. The van der Waals surface area contributed by atoms with Crippen molar-refractivity contribution in [1.82, 2.24) is 9.78 Å². The number of furan rings is 1. The molecule has 0 fully saturated rings. The molecule has 0 unspecified atom stereocenters. The van der Waals surface area contributed by atoms with E-state index in [9.17, 15) is 4.79 Å². The second kappa shape index (κ2) is 6.88. The number of carbonyl (C=O) groups excluding carboxylic acids is 1. The fourth-order valence-corrected chi connectivity index (χ4v) is 2.82. The van der Waals surface area contributed by atoms with E-state index in [0.717, 1.165) is 27.2 Å². The minimum atomic E-state index is -0.335. The van der Waals surface area contributed by atoms with Gasteiger partial charge in [-0.3, -0.25) is 4.79 Å². The van der Waals surface area contributed by atoms with Crippen LogP contribution in [0.25, 0.3) is 0 Å². The smallest absolute Gasteiger partial charge is 0.314 e. The first-order valence-corrected chi connectivity index (χ1v) is 8.80. The van der Waals surface area contributed by atoms with Gasteiger partial charge in [-0.05, 0) is 53.4 Å². The van der Waals surface area contributed by atoms with Crippen molar-refractivity contribution in [2.75, 3.05) is 0 Å². The second-order valence-electron chi connectivity index (χ2n) is 6.12. The molecule has 0 aliphatic carbocycles. The lowest BCUT2D eigenvalue weighted by Crippen LogP contribution is -2.14. The van der Waals surface area contributed by atoms with Gasteiger partial charge in [0.05, 0.1) is 15.9 Å². The van der Waals surface area contributed by atoms with Crippen LogP contribution in [0.2, 0.25) is 0 Å². The first-order valence-electron chi connectivity index (χ1n) is 8.01. The lowest BCUT2D eigenvalue weighted by molar-refractivity contribution is 0.0909. The largest absolute Gasteiger partial charge is 0.426 e. The van der Waals surface area contributed by atoms with Crippen molar-refractivity contribution in [2.24, 2.45) is 0 Å². The molecular formula is C19H19BrN2O3. The summed E-state index contributed by atoms with van der Waals surface area (Å²) in [7, 11) is 0. The van der Waals surface area contributed by atoms with Crippen molar-refractivity contribution in [2.45, 2.75) is 33.6 Å². The van der Waals surface area contributed by atoms with Gasteiger partial charge >= 0.3 is 5.91 Å². The summed E-state index contributed by atoms with van der Waals surface area (Å²) in [4.78, 5) is 12.6. The fourth-order valence-electron chi connectivity index (χ4n) is 2.57. The zero-order valence-electron chi connectivity index (χ0n) is 14.5. The number of rotatable bonds is 4. The molecule has 25 heavy (non-hydrogen) atoms. The lowest BCUT2D eigenvalue weighted by Gasteiger charge is -2.11. The van der Waals surface area contributed by atoms with Crippen molar-refractivity contribution in [3.8, 4) is 11.7 Å². The average Bonchev–Trinajstić information content (AvgIpc) is 3.15. The topological polar surface area (TPSA) is 57.3 Å². The predicted molar refractivity (Wildman–Crippen MR) is 98.4 cm³/mol. The maximum absolute atomic E-state index is 12.6. The molecule has 6 heteroatoms. The quantitative estimate of drug-likeness (QED) is 0.581. The summed E-state index contributed by atoms with van der Waals surface area (Å²) in [5.41, 5.74) is 2.56. The number of aromatic nitrogens is 2. The van der Waals surface area contributed by atoms with Gasteiger partial charge in [0.15, 0.2) is 5.76 Å². The minimum absolute atomic E-state index is 0.176. The zero-order chi connectivity index (χ0) is 18.1. The molecule has 1 aromatic carbocycles. The third kappa shape index (κ3) is 3.39. The molecule has 0 aliphatic rings. The number of hydrogen-bond acceptors (Lipinski definition) is 4. The Hall–Kier alpha value is -2.34. The highest BCUT2D eigenvalue weighted by Gasteiger charge is 2.20. The average molecular weight is 403 g/mol. The number of hydrogen-bond donors (Lipinski definition) is 0. The van der Waals surface area contributed by atoms with E-state index in [2.05, 4.69) is 34.9 Å². The summed E-state index contributed by atoms with van der Waals surface area (Å²) in [5.74, 6) is 1.16. The first kappa shape index (κ1) is 17.5. The first-order chi connectivity index (χ1) is 11.9. The monoisotopic (exact) mass is 402 g/mol. The minimum Gasteiger partial charge on any atom is -0.426 e. The third-order valence-electron chi connectivity index (χ3n) is 3.94. The summed E-state index contributed by atoms with van der Waals surface area (Å²) in [5, 5.41) is 4.24. The standard InChI is InChI=1S/C19H19BrN2O3/c1-11(2)14-7-5-6-8-15(14)24-17-10-9-16(25-17)19(23)22-13(4)18(20)12(3)21-22/h5-11H,1-4H3. The third-order valence-corrected chi connectivity index (χ3v) is 5.09. The molecule has 0 saturated carbocycles. The summed E-state index contributed by atoms with van der Waals surface area (Å²) >= 11 is 3.42. The highest BCUT2D eigenvalue weighted by molar-refractivity contribution is 9.10. The van der Waals surface area contributed by atoms with Gasteiger partial charge in [-0.25, -0.2) is 0 Å². The van der Waals surface area contributed by atoms with Gasteiger partial charge < -0.3 is 9.15 Å². The number of benzene rings is 1. The van der Waals surface area contributed by atoms with Gasteiger partial charge in [0.1, 0.15) is 5.75 Å². The van der Waals surface area contributed by atoms with Gasteiger partial charge in [0, 0.05) is 6.07 Å². The Morgan fingerprint density at radius 2 is 1.92 bits per heavy atom. The highest BCUT2D eigenvalue weighted by Crippen LogP contribution is 2.31. The van der Waals surface area contributed by atoms with Gasteiger partial charge in [0.2, 0.25) is 0 Å². The molecule has 0 bridgehead atoms. The van der Waals surface area contributed by atoms with Crippen LogP contribution in [-0.4, -0.2) is 15.7 Å². The van der Waals surface area contributed by atoms with E-state index in [4.69, 9.17) is 9.15 Å². The number of nitrogens with zero attached hydrogens (tertiary/aromatic N) is 2. The molecule has 0 aliphatic heterocycles. The van der Waals surface area contributed by atoms with E-state index < -0.39 is 0 Å². The van der Waals surface area contributed by atoms with Gasteiger partial charge in [-0.1, -0.05) is 32.0 Å². The highest BCUT2D eigenvalue weighted by atomic mass is 79.9. The Balaban J connectivity index is 1.86. The summed E-state index contributed by atoms with van der Waals surface area (Å²) in [6.45, 7) is 7.85. The van der Waals surface area contributed by atoms with E-state index in [-0.39, 0.29) is 17.6 Å². The number of aryl methyl sites for hydroxylation is 1. The maximum atomic E-state index is 12.6. The molecule has 2 aromatic heterocycles. The number of carbonyl (C=O) groups is 1. The molecule has 2 heterocycles. The van der Waals surface area contributed by atoms with E-state index in [0.29, 0.717) is 5.92 Å². The molecule has 3 rings (SSSR count). The lowest BCUT2D eigenvalue weighted by atomic mass is 10.0. The Morgan fingerprint density at radius 1 is 1.20 bits per heavy atom. The van der Waals surface area contributed by atoms with Crippen LogP contribution in [0.15, 0.2) is 45.3 Å². The van der Waals surface area contributed by atoms with Gasteiger partial charge in [-0.2, -0.15) is 9.78 Å². The molecule has 0 N–H and O–H groups in total.